The van der Waals surface area contributed by atoms with Gasteiger partial charge < -0.3 is 9.84 Å². The molecule has 1 aromatic rings. The molecule has 0 heterocycles. The molecule has 5 nitrogen and oxygen atoms in total. The van der Waals surface area contributed by atoms with Crippen molar-refractivity contribution in [1.29, 1.82) is 0 Å². The minimum atomic E-state index is -0.808. The molecule has 0 aromatic heterocycles. The summed E-state index contributed by atoms with van der Waals surface area (Å²) in [6.07, 6.45) is 7.97. The number of carboxylic acids is 1. The quantitative estimate of drug-likeness (QED) is 0.466. The fourth-order valence-corrected chi connectivity index (χ4v) is 3.25. The number of aliphatic carboxylic acids is 1. The summed E-state index contributed by atoms with van der Waals surface area (Å²) < 4.78 is 5.86. The third-order valence-electron chi connectivity index (χ3n) is 4.59. The van der Waals surface area contributed by atoms with Gasteiger partial charge >= 0.3 is 5.97 Å². The molecule has 0 spiro atoms. The summed E-state index contributed by atoms with van der Waals surface area (Å²) in [4.78, 5) is 21.6. The van der Waals surface area contributed by atoms with E-state index in [0.29, 0.717) is 13.0 Å². The van der Waals surface area contributed by atoms with Gasteiger partial charge in [0.1, 0.15) is 11.8 Å². The Morgan fingerprint density at radius 3 is 2.83 bits per heavy atom. The van der Waals surface area contributed by atoms with Crippen LogP contribution in [-0.4, -0.2) is 17.7 Å². The molecule has 1 aliphatic rings. The number of rotatable bonds is 11. The maximum absolute atomic E-state index is 11.0. The largest absolute Gasteiger partial charge is 0.493 e. The maximum Gasteiger partial charge on any atom is 0.303 e. The average molecular weight is 333 g/mol. The minimum absolute atomic E-state index is 0.106. The van der Waals surface area contributed by atoms with E-state index in [1.165, 1.54) is 30.4 Å². The molecule has 1 atom stereocenters. The van der Waals surface area contributed by atoms with Gasteiger partial charge in [-0.1, -0.05) is 37.4 Å². The van der Waals surface area contributed by atoms with Gasteiger partial charge in [0.2, 0.25) is 0 Å². The van der Waals surface area contributed by atoms with E-state index < -0.39 is 5.97 Å². The van der Waals surface area contributed by atoms with E-state index in [2.05, 4.69) is 18.2 Å². The van der Waals surface area contributed by atoms with Crippen LogP contribution in [-0.2, 0) is 17.6 Å². The molecule has 1 aliphatic carbocycles. The first-order valence-electron chi connectivity index (χ1n) is 8.98. The Kier molecular flexibility index (Phi) is 7.22. The summed E-state index contributed by atoms with van der Waals surface area (Å²) in [5.74, 6) is -0.0104. The van der Waals surface area contributed by atoms with Gasteiger partial charge in [-0.05, 0) is 54.9 Å². The fraction of sp³-hybridized carbons (Fsp3) is 0.632. The van der Waals surface area contributed by atoms with Gasteiger partial charge in [0.15, 0.2) is 0 Å². The van der Waals surface area contributed by atoms with Gasteiger partial charge in [0, 0.05) is 6.42 Å². The lowest BCUT2D eigenvalue weighted by atomic mass is 9.99. The molecule has 0 bridgehead atoms. The first-order valence-corrected chi connectivity index (χ1v) is 8.98. The number of hydrogen-bond donors (Lipinski definition) is 1. The summed E-state index contributed by atoms with van der Waals surface area (Å²) in [7, 11) is 0. The van der Waals surface area contributed by atoms with Gasteiger partial charge in [-0.2, -0.15) is 4.91 Å². The van der Waals surface area contributed by atoms with Crippen LogP contribution in [0.3, 0.4) is 0 Å². The summed E-state index contributed by atoms with van der Waals surface area (Å²) in [5, 5.41) is 11.9. The number of nitroso groups, excluding NO2 is 1. The SMILES string of the molecule is CCCCCCc1cc2c(cc1OCCCC(=O)O)C(N=O)CC2. The van der Waals surface area contributed by atoms with Crippen LogP contribution < -0.4 is 4.74 Å². The highest BCUT2D eigenvalue weighted by Gasteiger charge is 2.25. The number of hydrogen-bond acceptors (Lipinski definition) is 4. The number of ether oxygens (including phenoxy) is 1. The van der Waals surface area contributed by atoms with Crippen molar-refractivity contribution < 1.29 is 14.6 Å². The van der Waals surface area contributed by atoms with E-state index in [9.17, 15) is 9.70 Å². The predicted molar refractivity (Wildman–Crippen MR) is 93.5 cm³/mol. The highest BCUT2D eigenvalue weighted by atomic mass is 16.5. The molecule has 0 radical (unpaired) electrons. The van der Waals surface area contributed by atoms with E-state index in [0.717, 1.165) is 37.0 Å². The summed E-state index contributed by atoms with van der Waals surface area (Å²) in [6.45, 7) is 2.57. The molecule has 2 rings (SSSR count). The zero-order valence-electron chi connectivity index (χ0n) is 14.4. The standard InChI is InChI=1S/C19H27NO4/c1-2-3-4-5-7-15-12-14-9-10-17(20-23)16(14)13-18(15)24-11-6-8-19(21)22/h12-13,17H,2-11H2,1H3,(H,21,22). The van der Waals surface area contributed by atoms with Crippen molar-refractivity contribution in [3.63, 3.8) is 0 Å². The molecule has 1 aromatic carbocycles. The lowest BCUT2D eigenvalue weighted by Gasteiger charge is -2.15. The highest BCUT2D eigenvalue weighted by molar-refractivity contribution is 5.66. The molecule has 0 amide bonds. The van der Waals surface area contributed by atoms with Crippen LogP contribution in [0, 0.1) is 4.91 Å². The molecule has 24 heavy (non-hydrogen) atoms. The molecule has 0 aliphatic heterocycles. The van der Waals surface area contributed by atoms with Crippen molar-refractivity contribution >= 4 is 5.97 Å². The first-order chi connectivity index (χ1) is 11.7. The van der Waals surface area contributed by atoms with Crippen LogP contribution in [0.4, 0.5) is 0 Å². The van der Waals surface area contributed by atoms with Gasteiger partial charge in [-0.15, -0.1) is 0 Å². The van der Waals surface area contributed by atoms with Gasteiger partial charge in [0.25, 0.3) is 0 Å². The summed E-state index contributed by atoms with van der Waals surface area (Å²) >= 11 is 0. The van der Waals surface area contributed by atoms with Crippen molar-refractivity contribution in [2.24, 2.45) is 5.18 Å². The monoisotopic (exact) mass is 333 g/mol. The van der Waals surface area contributed by atoms with E-state index in [4.69, 9.17) is 9.84 Å². The molecular formula is C19H27NO4. The van der Waals surface area contributed by atoms with Crippen molar-refractivity contribution in [1.82, 2.24) is 0 Å². The summed E-state index contributed by atoms with van der Waals surface area (Å²) in [6, 6.07) is 3.86. The second kappa shape index (κ2) is 9.40. The molecule has 0 fully saturated rings. The Hall–Kier alpha value is -1.91. The molecule has 132 valence electrons. The van der Waals surface area contributed by atoms with Crippen LogP contribution in [0.1, 0.15) is 74.6 Å². The van der Waals surface area contributed by atoms with E-state index in [-0.39, 0.29) is 12.5 Å². The third kappa shape index (κ3) is 5.05. The summed E-state index contributed by atoms with van der Waals surface area (Å²) in [5.41, 5.74) is 3.37. The zero-order valence-corrected chi connectivity index (χ0v) is 14.4. The predicted octanol–water partition coefficient (Wildman–Crippen LogP) is 4.81. The first kappa shape index (κ1) is 18.4. The molecule has 0 saturated heterocycles. The number of unbranched alkanes of at least 4 members (excludes halogenated alkanes) is 3. The van der Waals surface area contributed by atoms with Crippen LogP contribution in [0.5, 0.6) is 5.75 Å². The van der Waals surface area contributed by atoms with E-state index >= 15 is 0 Å². The van der Waals surface area contributed by atoms with E-state index in [1.54, 1.807) is 0 Å². The number of benzene rings is 1. The Labute approximate surface area is 143 Å². The highest BCUT2D eigenvalue weighted by Crippen LogP contribution is 2.38. The van der Waals surface area contributed by atoms with Crippen molar-refractivity contribution in [2.45, 2.75) is 70.8 Å². The number of carbonyl (C=O) groups is 1. The van der Waals surface area contributed by atoms with Gasteiger partial charge in [0.05, 0.1) is 6.61 Å². The second-order valence-electron chi connectivity index (χ2n) is 6.48. The average Bonchev–Trinajstić information content (AvgIpc) is 2.97. The van der Waals surface area contributed by atoms with Crippen LogP contribution in [0.25, 0.3) is 0 Å². The Morgan fingerprint density at radius 2 is 2.12 bits per heavy atom. The van der Waals surface area contributed by atoms with Crippen LogP contribution in [0.15, 0.2) is 17.3 Å². The Morgan fingerprint density at radius 1 is 1.29 bits per heavy atom. The van der Waals surface area contributed by atoms with Crippen molar-refractivity contribution in [2.75, 3.05) is 6.61 Å². The van der Waals surface area contributed by atoms with Crippen LogP contribution in [0.2, 0.25) is 0 Å². The number of fused-ring (bicyclic) bond motifs is 1. The van der Waals surface area contributed by atoms with Gasteiger partial charge in [-0.25, -0.2) is 0 Å². The number of nitrogens with zero attached hydrogens (tertiary/aromatic N) is 1. The number of aryl methyl sites for hydroxylation is 2. The fourth-order valence-electron chi connectivity index (χ4n) is 3.25. The number of carboxylic acid groups (broad SMARTS) is 1. The van der Waals surface area contributed by atoms with Gasteiger partial charge in [-0.3, -0.25) is 4.79 Å². The van der Waals surface area contributed by atoms with E-state index in [1.807, 2.05) is 6.07 Å². The van der Waals surface area contributed by atoms with Crippen molar-refractivity contribution in [3.8, 4) is 5.75 Å². The Balaban J connectivity index is 2.07. The zero-order chi connectivity index (χ0) is 17.4. The minimum Gasteiger partial charge on any atom is -0.493 e. The Bertz CT molecular complexity index is 571. The lowest BCUT2D eigenvalue weighted by molar-refractivity contribution is -0.137. The van der Waals surface area contributed by atoms with Crippen molar-refractivity contribution in [3.05, 3.63) is 33.7 Å². The maximum atomic E-state index is 11.0. The normalized spacial score (nSPS) is 16.0. The topological polar surface area (TPSA) is 76.0 Å². The molecular weight excluding hydrogens is 306 g/mol. The smallest absolute Gasteiger partial charge is 0.303 e. The third-order valence-corrected chi connectivity index (χ3v) is 4.59. The van der Waals surface area contributed by atoms with Crippen LogP contribution >= 0.6 is 0 Å². The molecule has 0 saturated carbocycles. The molecule has 1 unspecified atom stereocenters. The molecule has 5 heteroatoms. The second-order valence-corrected chi connectivity index (χ2v) is 6.48. The lowest BCUT2D eigenvalue weighted by Crippen LogP contribution is -2.05. The molecule has 1 N–H and O–H groups in total.